The maximum absolute atomic E-state index is 12.7. The molecule has 1 saturated carbocycles. The van der Waals surface area contributed by atoms with Crippen molar-refractivity contribution in [2.24, 2.45) is 0 Å². The number of anilines is 1. The van der Waals surface area contributed by atoms with E-state index in [1.54, 1.807) is 29.8 Å². The van der Waals surface area contributed by atoms with Gasteiger partial charge in [-0.25, -0.2) is 9.78 Å². The highest BCUT2D eigenvalue weighted by atomic mass is 35.5. The Kier molecular flexibility index (Phi) is 3.69. The Labute approximate surface area is 153 Å². The van der Waals surface area contributed by atoms with Crippen LogP contribution in [0.15, 0.2) is 34.2 Å². The number of fused-ring (bicyclic) bond motifs is 1. The van der Waals surface area contributed by atoms with Crippen molar-refractivity contribution < 1.29 is 14.7 Å². The molecule has 3 aliphatic rings. The van der Waals surface area contributed by atoms with Crippen LogP contribution in [0, 0.1) is 0 Å². The Morgan fingerprint density at radius 1 is 1.44 bits per heavy atom. The van der Waals surface area contributed by atoms with E-state index in [4.69, 9.17) is 11.6 Å². The number of carbonyl (C=O) groups excluding carboxylic acids is 1. The van der Waals surface area contributed by atoms with E-state index >= 15 is 0 Å². The molecule has 0 spiro atoms. The standard InChI is InChI=1S/C16H15ClN4O3S/c1-7-5-10(17)20(2)14-11(7)12(22)9(15(23)24)6-21(14)16-18-13(19-25-16)8-3-4-8/h5-6,8,14H,3-4H2,1-2H3,(H,23,24). The van der Waals surface area contributed by atoms with Gasteiger partial charge in [0.05, 0.1) is 0 Å². The van der Waals surface area contributed by atoms with Crippen molar-refractivity contribution in [2.45, 2.75) is 31.8 Å². The molecule has 2 aliphatic heterocycles. The second kappa shape index (κ2) is 5.67. The van der Waals surface area contributed by atoms with E-state index in [1.165, 1.54) is 17.7 Å². The minimum Gasteiger partial charge on any atom is -0.477 e. The van der Waals surface area contributed by atoms with Gasteiger partial charge in [0, 0.05) is 36.3 Å². The van der Waals surface area contributed by atoms with Crippen molar-refractivity contribution in [3.63, 3.8) is 0 Å². The normalized spacial score (nSPS) is 23.5. The molecule has 3 heterocycles. The molecule has 0 amide bonds. The number of carbonyl (C=O) groups is 2. The number of ketones is 1. The molecule has 130 valence electrons. The molecule has 0 saturated heterocycles. The highest BCUT2D eigenvalue weighted by molar-refractivity contribution is 7.09. The van der Waals surface area contributed by atoms with Crippen LogP contribution in [0.3, 0.4) is 0 Å². The van der Waals surface area contributed by atoms with E-state index in [1.807, 2.05) is 0 Å². The van der Waals surface area contributed by atoms with Gasteiger partial charge in [-0.15, -0.1) is 0 Å². The second-order valence-corrected chi connectivity index (χ2v) is 7.46. The van der Waals surface area contributed by atoms with Gasteiger partial charge in [0.25, 0.3) is 0 Å². The fourth-order valence-corrected chi connectivity index (χ4v) is 4.06. The quantitative estimate of drug-likeness (QED) is 0.638. The maximum atomic E-state index is 12.7. The fourth-order valence-electron chi connectivity index (χ4n) is 3.06. The van der Waals surface area contributed by atoms with Crippen molar-refractivity contribution in [1.29, 1.82) is 0 Å². The number of aliphatic carboxylic acids is 1. The number of Topliss-reactive ketones (excluding diaryl/α,β-unsaturated/α-hetero) is 1. The predicted molar refractivity (Wildman–Crippen MR) is 93.3 cm³/mol. The lowest BCUT2D eigenvalue weighted by molar-refractivity contribution is -0.134. The maximum Gasteiger partial charge on any atom is 0.341 e. The summed E-state index contributed by atoms with van der Waals surface area (Å²) < 4.78 is 4.39. The number of hydrogen-bond donors (Lipinski definition) is 1. The zero-order chi connectivity index (χ0) is 17.9. The number of nitrogens with zero attached hydrogens (tertiary/aromatic N) is 4. The number of carboxylic acid groups (broad SMARTS) is 1. The molecule has 0 aromatic carbocycles. The molecule has 1 aliphatic carbocycles. The van der Waals surface area contributed by atoms with E-state index in [9.17, 15) is 14.7 Å². The second-order valence-electron chi connectivity index (χ2n) is 6.34. The summed E-state index contributed by atoms with van der Waals surface area (Å²) in [4.78, 5) is 32.2. The number of halogens is 1. The first-order valence-corrected chi connectivity index (χ1v) is 8.96. The summed E-state index contributed by atoms with van der Waals surface area (Å²) in [6, 6.07) is 0. The molecule has 1 aromatic rings. The largest absolute Gasteiger partial charge is 0.477 e. The summed E-state index contributed by atoms with van der Waals surface area (Å²) in [5.74, 6) is -0.581. The van der Waals surface area contributed by atoms with Crippen molar-refractivity contribution in [3.8, 4) is 0 Å². The van der Waals surface area contributed by atoms with Gasteiger partial charge in [-0.05, 0) is 31.4 Å². The SMILES string of the molecule is CC1=C2C(=O)C(C(=O)O)=CN(c3nc(C4CC4)ns3)C2N(C)C(Cl)=C1. The summed E-state index contributed by atoms with van der Waals surface area (Å²) in [6.07, 6.45) is 4.63. The van der Waals surface area contributed by atoms with Crippen molar-refractivity contribution >= 4 is 40.0 Å². The first kappa shape index (κ1) is 16.3. The Hall–Kier alpha value is -2.19. The summed E-state index contributed by atoms with van der Waals surface area (Å²) in [7, 11) is 1.76. The minimum absolute atomic E-state index is 0.284. The Bertz CT molecular complexity index is 884. The summed E-state index contributed by atoms with van der Waals surface area (Å²) >= 11 is 7.50. The molecule has 25 heavy (non-hydrogen) atoms. The topological polar surface area (TPSA) is 86.6 Å². The van der Waals surface area contributed by atoms with Gasteiger partial charge in [0.2, 0.25) is 10.9 Å². The van der Waals surface area contributed by atoms with Crippen LogP contribution in [0.1, 0.15) is 31.5 Å². The number of aromatic nitrogens is 2. The zero-order valence-electron chi connectivity index (χ0n) is 13.6. The number of allylic oxidation sites excluding steroid dienone is 2. The van der Waals surface area contributed by atoms with E-state index in [0.717, 1.165) is 18.7 Å². The van der Waals surface area contributed by atoms with Crippen LogP contribution in [-0.2, 0) is 9.59 Å². The van der Waals surface area contributed by atoms with Gasteiger partial charge in [0.1, 0.15) is 22.7 Å². The van der Waals surface area contributed by atoms with E-state index in [2.05, 4.69) is 9.36 Å². The molecule has 1 aromatic heterocycles. The van der Waals surface area contributed by atoms with E-state index in [-0.39, 0.29) is 5.57 Å². The fraction of sp³-hybridized carbons (Fsp3) is 0.375. The molecule has 9 heteroatoms. The van der Waals surface area contributed by atoms with Gasteiger partial charge in [-0.2, -0.15) is 4.37 Å². The van der Waals surface area contributed by atoms with Gasteiger partial charge >= 0.3 is 5.97 Å². The summed E-state index contributed by atoms with van der Waals surface area (Å²) in [5, 5.41) is 10.5. The number of carboxylic acids is 1. The number of likely N-dealkylation sites (N-methyl/N-ethyl adjacent to an activating group) is 1. The molecule has 4 rings (SSSR count). The zero-order valence-corrected chi connectivity index (χ0v) is 15.1. The lowest BCUT2D eigenvalue weighted by atomic mass is 9.91. The van der Waals surface area contributed by atoms with Crippen LogP contribution in [0.4, 0.5) is 5.13 Å². The lowest BCUT2D eigenvalue weighted by Gasteiger charge is -2.42. The van der Waals surface area contributed by atoms with Crippen LogP contribution >= 0.6 is 23.1 Å². The third-order valence-corrected chi connectivity index (χ3v) is 5.69. The van der Waals surface area contributed by atoms with Crippen LogP contribution in [-0.4, -0.2) is 44.3 Å². The van der Waals surface area contributed by atoms with Crippen molar-refractivity contribution in [2.75, 3.05) is 11.9 Å². The number of hydrogen-bond acceptors (Lipinski definition) is 7. The van der Waals surface area contributed by atoms with E-state index in [0.29, 0.717) is 27.4 Å². The van der Waals surface area contributed by atoms with Crippen LogP contribution < -0.4 is 4.90 Å². The molecule has 7 nitrogen and oxygen atoms in total. The van der Waals surface area contributed by atoms with Gasteiger partial charge in [-0.3, -0.25) is 9.69 Å². The summed E-state index contributed by atoms with van der Waals surface area (Å²) in [5.41, 5.74) is 0.769. The molecule has 1 atom stereocenters. The van der Waals surface area contributed by atoms with Crippen LogP contribution in [0.2, 0.25) is 0 Å². The molecular formula is C16H15ClN4O3S. The molecule has 1 fully saturated rings. The van der Waals surface area contributed by atoms with Gasteiger partial charge < -0.3 is 10.0 Å². The number of rotatable bonds is 3. The third kappa shape index (κ3) is 2.56. The Morgan fingerprint density at radius 2 is 2.16 bits per heavy atom. The average Bonchev–Trinajstić information content (AvgIpc) is 3.29. The highest BCUT2D eigenvalue weighted by Gasteiger charge is 2.43. The molecule has 1 unspecified atom stereocenters. The van der Waals surface area contributed by atoms with Gasteiger partial charge in [-0.1, -0.05) is 11.6 Å². The third-order valence-electron chi connectivity index (χ3n) is 4.57. The van der Waals surface area contributed by atoms with Gasteiger partial charge in [0.15, 0.2) is 0 Å². The van der Waals surface area contributed by atoms with Crippen LogP contribution in [0.5, 0.6) is 0 Å². The van der Waals surface area contributed by atoms with Crippen molar-refractivity contribution in [1.82, 2.24) is 14.3 Å². The van der Waals surface area contributed by atoms with E-state index < -0.39 is 17.9 Å². The minimum atomic E-state index is -1.26. The highest BCUT2D eigenvalue weighted by Crippen LogP contribution is 2.42. The monoisotopic (exact) mass is 378 g/mol. The Morgan fingerprint density at radius 3 is 2.80 bits per heavy atom. The van der Waals surface area contributed by atoms with Crippen molar-refractivity contribution in [3.05, 3.63) is 40.0 Å². The molecule has 0 radical (unpaired) electrons. The molecular weight excluding hydrogens is 364 g/mol. The first-order valence-electron chi connectivity index (χ1n) is 7.81. The first-order chi connectivity index (χ1) is 11.9. The van der Waals surface area contributed by atoms with Crippen LogP contribution in [0.25, 0.3) is 0 Å². The Balaban J connectivity index is 1.86. The molecule has 1 N–H and O–H groups in total. The molecule has 0 bridgehead atoms. The lowest BCUT2D eigenvalue weighted by Crippen LogP contribution is -2.51. The summed E-state index contributed by atoms with van der Waals surface area (Å²) in [6.45, 7) is 1.76. The predicted octanol–water partition coefficient (Wildman–Crippen LogP) is 2.44. The smallest absolute Gasteiger partial charge is 0.341 e. The average molecular weight is 379 g/mol.